The van der Waals surface area contributed by atoms with Crippen LogP contribution in [0.4, 0.5) is 0 Å². The van der Waals surface area contributed by atoms with Crippen molar-refractivity contribution in [2.45, 2.75) is 25.3 Å². The van der Waals surface area contributed by atoms with Gasteiger partial charge in [-0.2, -0.15) is 0 Å². The van der Waals surface area contributed by atoms with Gasteiger partial charge in [0.1, 0.15) is 0 Å². The zero-order chi connectivity index (χ0) is 11.5. The molecule has 88 valence electrons. The molecule has 0 radical (unpaired) electrons. The van der Waals surface area contributed by atoms with E-state index in [2.05, 4.69) is 20.4 Å². The lowest BCUT2D eigenvalue weighted by atomic mass is 10.0. The molecule has 0 saturated heterocycles. The molecule has 6 nitrogen and oxygen atoms in total. The van der Waals surface area contributed by atoms with Crippen molar-refractivity contribution >= 4 is 17.8 Å². The standard InChI is InChI=1S/C10H15N3O3/c1-16-8(14)4-6-5-11-10(13-9(6)15)12-7-2-3-7/h6-7H,2-5H2,1H3,(H2,11,12,13,15)/t6-/m0/s1. The van der Waals surface area contributed by atoms with Gasteiger partial charge in [0, 0.05) is 6.04 Å². The molecular weight excluding hydrogens is 210 g/mol. The van der Waals surface area contributed by atoms with Crippen LogP contribution in [0.25, 0.3) is 0 Å². The summed E-state index contributed by atoms with van der Waals surface area (Å²) in [7, 11) is 1.31. The maximum absolute atomic E-state index is 11.6. The Hall–Kier alpha value is -1.59. The van der Waals surface area contributed by atoms with E-state index < -0.39 is 5.92 Å². The Morgan fingerprint density at radius 3 is 2.94 bits per heavy atom. The quantitative estimate of drug-likeness (QED) is 0.629. The number of carbonyl (C=O) groups is 2. The van der Waals surface area contributed by atoms with E-state index in [0.29, 0.717) is 18.5 Å². The van der Waals surface area contributed by atoms with E-state index in [1.807, 2.05) is 0 Å². The van der Waals surface area contributed by atoms with Gasteiger partial charge >= 0.3 is 5.97 Å². The fourth-order valence-electron chi connectivity index (χ4n) is 1.49. The number of esters is 1. The highest BCUT2D eigenvalue weighted by Crippen LogP contribution is 2.19. The molecular formula is C10H15N3O3. The summed E-state index contributed by atoms with van der Waals surface area (Å²) in [6, 6.07) is 0.455. The number of hydrogen-bond acceptors (Lipinski definition) is 5. The average Bonchev–Trinajstić information content (AvgIpc) is 3.06. The van der Waals surface area contributed by atoms with E-state index in [9.17, 15) is 9.59 Å². The molecule has 1 heterocycles. The summed E-state index contributed by atoms with van der Waals surface area (Å²) < 4.78 is 4.52. The molecule has 0 unspecified atom stereocenters. The van der Waals surface area contributed by atoms with E-state index in [4.69, 9.17) is 0 Å². The van der Waals surface area contributed by atoms with Gasteiger partial charge in [0.25, 0.3) is 0 Å². The highest BCUT2D eigenvalue weighted by molar-refractivity contribution is 6.01. The average molecular weight is 225 g/mol. The predicted molar refractivity (Wildman–Crippen MR) is 56.7 cm³/mol. The Bertz CT molecular complexity index is 336. The lowest BCUT2D eigenvalue weighted by molar-refractivity contribution is -0.143. The molecule has 1 fully saturated rings. The van der Waals surface area contributed by atoms with Gasteiger partial charge < -0.3 is 10.1 Å². The van der Waals surface area contributed by atoms with Gasteiger partial charge in [0.15, 0.2) is 5.96 Å². The molecule has 0 aromatic heterocycles. The normalized spacial score (nSPS) is 24.4. The number of aliphatic imine (C=N–C) groups is 1. The number of nitrogens with zero attached hydrogens (tertiary/aromatic N) is 1. The van der Waals surface area contributed by atoms with Crippen molar-refractivity contribution < 1.29 is 14.3 Å². The number of carbonyl (C=O) groups excluding carboxylic acids is 2. The van der Waals surface area contributed by atoms with Gasteiger partial charge in [-0.15, -0.1) is 0 Å². The lowest BCUT2D eigenvalue weighted by Gasteiger charge is -2.21. The Morgan fingerprint density at radius 2 is 2.38 bits per heavy atom. The van der Waals surface area contributed by atoms with Crippen LogP contribution in [0.15, 0.2) is 4.99 Å². The first-order chi connectivity index (χ1) is 7.69. The number of hydrogen-bond donors (Lipinski definition) is 2. The summed E-state index contributed by atoms with van der Waals surface area (Å²) in [6.45, 7) is 0.343. The fraction of sp³-hybridized carbons (Fsp3) is 0.700. The van der Waals surface area contributed by atoms with E-state index >= 15 is 0 Å². The number of ether oxygens (including phenoxy) is 1. The molecule has 6 heteroatoms. The van der Waals surface area contributed by atoms with Crippen molar-refractivity contribution in [3.63, 3.8) is 0 Å². The molecule has 1 aliphatic carbocycles. The molecule has 2 aliphatic rings. The smallest absolute Gasteiger partial charge is 0.306 e. The predicted octanol–water partition coefficient (Wildman–Crippen LogP) is -0.596. The van der Waals surface area contributed by atoms with Crippen LogP contribution < -0.4 is 10.6 Å². The molecule has 2 N–H and O–H groups in total. The fourth-order valence-corrected chi connectivity index (χ4v) is 1.49. The first kappa shape index (κ1) is 10.9. The Labute approximate surface area is 93.4 Å². The molecule has 1 aliphatic heterocycles. The monoisotopic (exact) mass is 225 g/mol. The van der Waals surface area contributed by atoms with Gasteiger partial charge in [-0.1, -0.05) is 0 Å². The topological polar surface area (TPSA) is 79.8 Å². The molecule has 0 spiro atoms. The molecule has 0 aromatic carbocycles. The van der Waals surface area contributed by atoms with Gasteiger partial charge in [0.05, 0.1) is 26.0 Å². The first-order valence-electron chi connectivity index (χ1n) is 5.37. The number of nitrogens with one attached hydrogen (secondary N) is 2. The third-order valence-corrected chi connectivity index (χ3v) is 2.64. The van der Waals surface area contributed by atoms with Crippen molar-refractivity contribution in [3.05, 3.63) is 0 Å². The van der Waals surface area contributed by atoms with Crippen LogP contribution in [0.5, 0.6) is 0 Å². The molecule has 16 heavy (non-hydrogen) atoms. The number of rotatable bonds is 3. The van der Waals surface area contributed by atoms with Gasteiger partial charge in [-0.25, -0.2) is 0 Å². The second-order valence-corrected chi connectivity index (χ2v) is 4.07. The van der Waals surface area contributed by atoms with Crippen molar-refractivity contribution in [1.82, 2.24) is 10.6 Å². The second kappa shape index (κ2) is 4.51. The summed E-state index contributed by atoms with van der Waals surface area (Å²) in [6.07, 6.45) is 2.34. The molecule has 1 atom stereocenters. The van der Waals surface area contributed by atoms with Crippen molar-refractivity contribution in [1.29, 1.82) is 0 Å². The SMILES string of the molecule is COC(=O)C[C@H]1CN=C(NC2CC2)NC1=O. The summed E-state index contributed by atoms with van der Waals surface area (Å²) in [4.78, 5) is 26.8. The third-order valence-electron chi connectivity index (χ3n) is 2.64. The Morgan fingerprint density at radius 1 is 1.62 bits per heavy atom. The first-order valence-corrected chi connectivity index (χ1v) is 5.37. The van der Waals surface area contributed by atoms with Gasteiger partial charge in [0.2, 0.25) is 5.91 Å². The maximum atomic E-state index is 11.6. The van der Waals surface area contributed by atoms with Crippen LogP contribution in [-0.2, 0) is 14.3 Å². The number of methoxy groups -OCH3 is 1. The van der Waals surface area contributed by atoms with Crippen LogP contribution in [-0.4, -0.2) is 37.5 Å². The van der Waals surface area contributed by atoms with Crippen LogP contribution in [0.3, 0.4) is 0 Å². The third kappa shape index (κ3) is 2.71. The number of amides is 1. The van der Waals surface area contributed by atoms with E-state index in [1.165, 1.54) is 7.11 Å². The minimum absolute atomic E-state index is 0.0859. The molecule has 0 aromatic rings. The Kier molecular flexibility index (Phi) is 3.07. The van der Waals surface area contributed by atoms with Crippen molar-refractivity contribution in [2.24, 2.45) is 10.9 Å². The minimum atomic E-state index is -0.405. The summed E-state index contributed by atoms with van der Waals surface area (Å²) in [5, 5.41) is 5.77. The van der Waals surface area contributed by atoms with Gasteiger partial charge in [-0.05, 0) is 12.8 Å². The number of guanidine groups is 1. The van der Waals surface area contributed by atoms with Gasteiger partial charge in [-0.3, -0.25) is 19.9 Å². The lowest BCUT2D eigenvalue weighted by Crippen LogP contribution is -2.49. The van der Waals surface area contributed by atoms with Crippen LogP contribution in [0.1, 0.15) is 19.3 Å². The Balaban J connectivity index is 1.87. The maximum Gasteiger partial charge on any atom is 0.306 e. The zero-order valence-electron chi connectivity index (χ0n) is 9.16. The summed E-state index contributed by atoms with van der Waals surface area (Å²) >= 11 is 0. The highest BCUT2D eigenvalue weighted by Gasteiger charge is 2.29. The molecule has 2 rings (SSSR count). The largest absolute Gasteiger partial charge is 0.469 e. The molecule has 1 saturated carbocycles. The van der Waals surface area contributed by atoms with Crippen LogP contribution in [0.2, 0.25) is 0 Å². The van der Waals surface area contributed by atoms with Crippen molar-refractivity contribution in [3.8, 4) is 0 Å². The van der Waals surface area contributed by atoms with Crippen molar-refractivity contribution in [2.75, 3.05) is 13.7 Å². The second-order valence-electron chi connectivity index (χ2n) is 4.07. The highest BCUT2D eigenvalue weighted by atomic mass is 16.5. The van der Waals surface area contributed by atoms with Crippen LogP contribution >= 0.6 is 0 Å². The van der Waals surface area contributed by atoms with Crippen LogP contribution in [0, 0.1) is 5.92 Å². The molecule has 1 amide bonds. The minimum Gasteiger partial charge on any atom is -0.469 e. The zero-order valence-corrected chi connectivity index (χ0v) is 9.16. The summed E-state index contributed by atoms with van der Waals surface area (Å²) in [5.41, 5.74) is 0. The van der Waals surface area contributed by atoms with E-state index in [0.717, 1.165) is 12.8 Å². The molecule has 0 bridgehead atoms. The van der Waals surface area contributed by atoms with E-state index in [1.54, 1.807) is 0 Å². The summed E-state index contributed by atoms with van der Waals surface area (Å²) in [5.74, 6) is -0.414. The van der Waals surface area contributed by atoms with E-state index in [-0.39, 0.29) is 18.3 Å².